The van der Waals surface area contributed by atoms with E-state index in [0.29, 0.717) is 19.5 Å². The van der Waals surface area contributed by atoms with Crippen LogP contribution in [0.3, 0.4) is 0 Å². The Labute approximate surface area is 132 Å². The van der Waals surface area contributed by atoms with Crippen molar-refractivity contribution >= 4 is 11.9 Å². The van der Waals surface area contributed by atoms with Gasteiger partial charge in [-0.1, -0.05) is 44.2 Å². The van der Waals surface area contributed by atoms with Crippen LogP contribution in [-0.2, 0) is 16.1 Å². The van der Waals surface area contributed by atoms with Gasteiger partial charge in [0.25, 0.3) is 0 Å². The predicted octanol–water partition coefficient (Wildman–Crippen LogP) is 3.79. The molecule has 1 aliphatic heterocycles. The highest BCUT2D eigenvalue weighted by Gasteiger charge is 2.35. The number of rotatable bonds is 3. The van der Waals surface area contributed by atoms with Gasteiger partial charge in [0.2, 0.25) is 0 Å². The molecule has 1 aromatic carbocycles. The van der Waals surface area contributed by atoms with Crippen LogP contribution >= 0.6 is 0 Å². The molecule has 2 rings (SSSR count). The summed E-state index contributed by atoms with van der Waals surface area (Å²) >= 11 is 0. The number of nitrogens with zero attached hydrogens (tertiary/aromatic N) is 1. The molecule has 1 fully saturated rings. The quantitative estimate of drug-likeness (QED) is 0.853. The number of carbonyl (C=O) groups is 2. The number of hydrogen-bond acceptors (Lipinski definition) is 3. The van der Waals surface area contributed by atoms with Crippen LogP contribution in [0.5, 0.6) is 0 Å². The number of likely N-dealkylation sites (tertiary alicyclic amines) is 1. The monoisotopic (exact) mass is 303 g/mol. The average Bonchev–Trinajstić information content (AvgIpc) is 2.54. The normalized spacial score (nSPS) is 22.8. The standard InChI is InChI=1S/C18H25NO3/c1-3-18(2)14-19(12-8-7-11-16(18)20)17(21)22-13-15-9-5-4-6-10-15/h4-6,9-10H,3,7-8,11-14H2,1-2H3. The molecule has 0 aromatic heterocycles. The average molecular weight is 303 g/mol. The fourth-order valence-electron chi connectivity index (χ4n) is 2.75. The second-order valence-electron chi connectivity index (χ2n) is 6.26. The molecule has 1 atom stereocenters. The molecule has 0 N–H and O–H groups in total. The number of Topliss-reactive ketones (excluding diaryl/α,β-unsaturated/α-hetero) is 1. The van der Waals surface area contributed by atoms with Gasteiger partial charge in [-0.05, 0) is 24.8 Å². The van der Waals surface area contributed by atoms with Crippen molar-refractivity contribution in [1.82, 2.24) is 4.90 Å². The molecular weight excluding hydrogens is 278 g/mol. The van der Waals surface area contributed by atoms with Crippen molar-refractivity contribution < 1.29 is 14.3 Å². The lowest BCUT2D eigenvalue weighted by molar-refractivity contribution is -0.129. The van der Waals surface area contributed by atoms with Gasteiger partial charge in [0.1, 0.15) is 12.4 Å². The van der Waals surface area contributed by atoms with E-state index < -0.39 is 5.41 Å². The zero-order valence-electron chi connectivity index (χ0n) is 13.5. The number of hydrogen-bond donors (Lipinski definition) is 0. The van der Waals surface area contributed by atoms with E-state index in [0.717, 1.165) is 24.8 Å². The molecule has 4 nitrogen and oxygen atoms in total. The largest absolute Gasteiger partial charge is 0.445 e. The van der Waals surface area contributed by atoms with Crippen LogP contribution in [0.1, 0.15) is 45.1 Å². The van der Waals surface area contributed by atoms with E-state index in [1.54, 1.807) is 4.90 Å². The summed E-state index contributed by atoms with van der Waals surface area (Å²) in [7, 11) is 0. The van der Waals surface area contributed by atoms with Gasteiger partial charge in [-0.2, -0.15) is 0 Å². The van der Waals surface area contributed by atoms with E-state index in [1.165, 1.54) is 0 Å². The number of carbonyl (C=O) groups excluding carboxylic acids is 2. The molecule has 4 heteroatoms. The van der Waals surface area contributed by atoms with Gasteiger partial charge in [0.15, 0.2) is 0 Å². The first-order chi connectivity index (χ1) is 10.5. The molecule has 120 valence electrons. The van der Waals surface area contributed by atoms with Crippen molar-refractivity contribution in [2.75, 3.05) is 13.1 Å². The maximum absolute atomic E-state index is 12.3. The maximum atomic E-state index is 12.3. The zero-order valence-corrected chi connectivity index (χ0v) is 13.5. The molecule has 0 spiro atoms. The Hall–Kier alpha value is -1.84. The van der Waals surface area contributed by atoms with Crippen LogP contribution < -0.4 is 0 Å². The summed E-state index contributed by atoms with van der Waals surface area (Å²) in [6, 6.07) is 9.64. The van der Waals surface area contributed by atoms with Crippen molar-refractivity contribution in [1.29, 1.82) is 0 Å². The third-order valence-electron chi connectivity index (χ3n) is 4.54. The van der Waals surface area contributed by atoms with Crippen LogP contribution in [0.4, 0.5) is 4.79 Å². The smallest absolute Gasteiger partial charge is 0.410 e. The highest BCUT2D eigenvalue weighted by molar-refractivity contribution is 5.85. The summed E-state index contributed by atoms with van der Waals surface area (Å²) in [6.45, 7) is 5.35. The predicted molar refractivity (Wildman–Crippen MR) is 85.5 cm³/mol. The Kier molecular flexibility index (Phi) is 5.58. The van der Waals surface area contributed by atoms with Gasteiger partial charge >= 0.3 is 6.09 Å². The van der Waals surface area contributed by atoms with E-state index in [2.05, 4.69) is 0 Å². The molecular formula is C18H25NO3. The van der Waals surface area contributed by atoms with E-state index in [1.807, 2.05) is 44.2 Å². The molecule has 1 aromatic rings. The minimum absolute atomic E-state index is 0.260. The van der Waals surface area contributed by atoms with Crippen molar-refractivity contribution in [3.8, 4) is 0 Å². The van der Waals surface area contributed by atoms with Crippen LogP contribution in [0.15, 0.2) is 30.3 Å². The van der Waals surface area contributed by atoms with E-state index in [-0.39, 0.29) is 18.5 Å². The van der Waals surface area contributed by atoms with Gasteiger partial charge < -0.3 is 9.64 Å². The Balaban J connectivity index is 1.99. The summed E-state index contributed by atoms with van der Waals surface area (Å²) in [5, 5.41) is 0. The van der Waals surface area contributed by atoms with Crippen LogP contribution in [-0.4, -0.2) is 29.9 Å². The number of amides is 1. The van der Waals surface area contributed by atoms with Gasteiger partial charge in [-0.15, -0.1) is 0 Å². The molecule has 0 saturated carbocycles. The minimum atomic E-state index is -0.452. The highest BCUT2D eigenvalue weighted by atomic mass is 16.6. The summed E-state index contributed by atoms with van der Waals surface area (Å²) in [6.07, 6.45) is 2.74. The Morgan fingerprint density at radius 1 is 1.27 bits per heavy atom. The minimum Gasteiger partial charge on any atom is -0.445 e. The summed E-state index contributed by atoms with van der Waals surface area (Å²) in [5.74, 6) is 0.260. The Morgan fingerprint density at radius 2 is 2.00 bits per heavy atom. The molecule has 1 heterocycles. The number of benzene rings is 1. The lowest BCUT2D eigenvalue weighted by atomic mass is 9.79. The SMILES string of the molecule is CCC1(C)CN(C(=O)OCc2ccccc2)CCCCC1=O. The van der Waals surface area contributed by atoms with Gasteiger partial charge in [0, 0.05) is 24.9 Å². The van der Waals surface area contributed by atoms with Crippen molar-refractivity contribution in [3.63, 3.8) is 0 Å². The first-order valence-electron chi connectivity index (χ1n) is 8.04. The summed E-state index contributed by atoms with van der Waals surface area (Å²) in [4.78, 5) is 26.3. The molecule has 1 saturated heterocycles. The van der Waals surface area contributed by atoms with Crippen molar-refractivity contribution in [3.05, 3.63) is 35.9 Å². The first-order valence-corrected chi connectivity index (χ1v) is 8.04. The third-order valence-corrected chi connectivity index (χ3v) is 4.54. The molecule has 22 heavy (non-hydrogen) atoms. The van der Waals surface area contributed by atoms with Gasteiger partial charge in [-0.3, -0.25) is 4.79 Å². The number of ketones is 1. The zero-order chi connectivity index (χ0) is 16.0. The molecule has 0 bridgehead atoms. The lowest BCUT2D eigenvalue weighted by Gasteiger charge is -2.35. The van der Waals surface area contributed by atoms with Crippen molar-refractivity contribution in [2.45, 2.75) is 46.1 Å². The first kappa shape index (κ1) is 16.5. The molecule has 1 unspecified atom stereocenters. The second kappa shape index (κ2) is 7.43. The van der Waals surface area contributed by atoms with Crippen LogP contribution in [0, 0.1) is 5.41 Å². The van der Waals surface area contributed by atoms with E-state index in [9.17, 15) is 9.59 Å². The molecule has 1 aliphatic rings. The Bertz CT molecular complexity index is 514. The fourth-order valence-corrected chi connectivity index (χ4v) is 2.75. The van der Waals surface area contributed by atoms with E-state index in [4.69, 9.17) is 4.74 Å². The molecule has 0 aliphatic carbocycles. The topological polar surface area (TPSA) is 46.6 Å². The second-order valence-corrected chi connectivity index (χ2v) is 6.26. The van der Waals surface area contributed by atoms with Crippen LogP contribution in [0.25, 0.3) is 0 Å². The van der Waals surface area contributed by atoms with Gasteiger partial charge in [-0.25, -0.2) is 4.79 Å². The molecule has 1 amide bonds. The Morgan fingerprint density at radius 3 is 2.68 bits per heavy atom. The number of ether oxygens (including phenoxy) is 1. The highest BCUT2D eigenvalue weighted by Crippen LogP contribution is 2.29. The van der Waals surface area contributed by atoms with Gasteiger partial charge in [0.05, 0.1) is 0 Å². The summed E-state index contributed by atoms with van der Waals surface area (Å²) < 4.78 is 5.41. The third kappa shape index (κ3) is 4.09. The maximum Gasteiger partial charge on any atom is 0.410 e. The van der Waals surface area contributed by atoms with Crippen LogP contribution in [0.2, 0.25) is 0 Å². The summed E-state index contributed by atoms with van der Waals surface area (Å²) in [5.41, 5.74) is 0.517. The van der Waals surface area contributed by atoms with E-state index >= 15 is 0 Å². The lowest BCUT2D eigenvalue weighted by Crippen LogP contribution is -2.45. The fraction of sp³-hybridized carbons (Fsp3) is 0.556. The van der Waals surface area contributed by atoms with Crippen molar-refractivity contribution in [2.24, 2.45) is 5.41 Å². The molecule has 0 radical (unpaired) electrons.